The van der Waals surface area contributed by atoms with Crippen LogP contribution in [0.15, 0.2) is 42.6 Å². The number of methoxy groups -OCH3 is 1. The number of aromatic nitrogens is 2. The SMILES string of the molecule is COc1ccc(-c2ccc3c(N)c[nH]c3n2)cc1. The number of nitrogens with two attached hydrogens (primary N) is 1. The van der Waals surface area contributed by atoms with Gasteiger partial charge in [0.05, 0.1) is 18.5 Å². The molecule has 0 saturated carbocycles. The van der Waals surface area contributed by atoms with Gasteiger partial charge in [0.15, 0.2) is 0 Å². The van der Waals surface area contributed by atoms with Gasteiger partial charge in [-0.2, -0.15) is 0 Å². The van der Waals surface area contributed by atoms with E-state index in [4.69, 9.17) is 10.5 Å². The number of nitrogen functional groups attached to an aromatic ring is 1. The molecule has 3 N–H and O–H groups in total. The van der Waals surface area contributed by atoms with Gasteiger partial charge >= 0.3 is 0 Å². The predicted octanol–water partition coefficient (Wildman–Crippen LogP) is 2.82. The average molecular weight is 239 g/mol. The number of fused-ring (bicyclic) bond motifs is 1. The fourth-order valence-electron chi connectivity index (χ4n) is 1.95. The van der Waals surface area contributed by atoms with Gasteiger partial charge in [0, 0.05) is 17.1 Å². The second-order valence-corrected chi connectivity index (χ2v) is 4.07. The zero-order valence-electron chi connectivity index (χ0n) is 9.97. The summed E-state index contributed by atoms with van der Waals surface area (Å²) in [5, 5.41) is 0.951. The maximum Gasteiger partial charge on any atom is 0.140 e. The molecule has 3 rings (SSSR count). The van der Waals surface area contributed by atoms with Crippen LogP contribution in [-0.2, 0) is 0 Å². The van der Waals surface area contributed by atoms with Crippen LogP contribution in [0.25, 0.3) is 22.3 Å². The van der Waals surface area contributed by atoms with E-state index >= 15 is 0 Å². The van der Waals surface area contributed by atoms with Crippen LogP contribution in [0.1, 0.15) is 0 Å². The summed E-state index contributed by atoms with van der Waals surface area (Å²) >= 11 is 0. The van der Waals surface area contributed by atoms with Crippen molar-refractivity contribution >= 4 is 16.7 Å². The van der Waals surface area contributed by atoms with Gasteiger partial charge in [0.25, 0.3) is 0 Å². The van der Waals surface area contributed by atoms with E-state index in [0.717, 1.165) is 33.7 Å². The number of hydrogen-bond donors (Lipinski definition) is 2. The molecule has 3 aromatic rings. The minimum Gasteiger partial charge on any atom is -0.497 e. The highest BCUT2D eigenvalue weighted by Crippen LogP contribution is 2.25. The van der Waals surface area contributed by atoms with Crippen molar-refractivity contribution in [1.82, 2.24) is 9.97 Å². The molecule has 0 spiro atoms. The zero-order chi connectivity index (χ0) is 12.5. The van der Waals surface area contributed by atoms with Gasteiger partial charge in [-0.3, -0.25) is 0 Å². The number of rotatable bonds is 2. The van der Waals surface area contributed by atoms with Crippen molar-refractivity contribution in [2.75, 3.05) is 12.8 Å². The number of aromatic amines is 1. The summed E-state index contributed by atoms with van der Waals surface area (Å²) in [5.41, 5.74) is 9.30. The Morgan fingerprint density at radius 1 is 1.11 bits per heavy atom. The van der Waals surface area contributed by atoms with Gasteiger partial charge in [-0.25, -0.2) is 4.98 Å². The Balaban J connectivity index is 2.07. The molecule has 0 amide bonds. The topological polar surface area (TPSA) is 63.9 Å². The molecule has 2 heterocycles. The Morgan fingerprint density at radius 2 is 1.89 bits per heavy atom. The fourth-order valence-corrected chi connectivity index (χ4v) is 1.95. The lowest BCUT2D eigenvalue weighted by atomic mass is 10.1. The third-order valence-corrected chi connectivity index (χ3v) is 2.96. The van der Waals surface area contributed by atoms with E-state index in [0.29, 0.717) is 0 Å². The lowest BCUT2D eigenvalue weighted by Gasteiger charge is -2.03. The van der Waals surface area contributed by atoms with Gasteiger partial charge in [-0.15, -0.1) is 0 Å². The number of H-pyrrole nitrogens is 1. The molecule has 1 aromatic carbocycles. The van der Waals surface area contributed by atoms with Crippen LogP contribution in [-0.4, -0.2) is 17.1 Å². The molecular formula is C14H13N3O. The monoisotopic (exact) mass is 239 g/mol. The molecule has 18 heavy (non-hydrogen) atoms. The molecule has 0 fully saturated rings. The molecule has 0 aliphatic rings. The smallest absolute Gasteiger partial charge is 0.140 e. The second kappa shape index (κ2) is 4.07. The quantitative estimate of drug-likeness (QED) is 0.722. The summed E-state index contributed by atoms with van der Waals surface area (Å²) in [6, 6.07) is 11.8. The van der Waals surface area contributed by atoms with Crippen LogP contribution >= 0.6 is 0 Å². The largest absolute Gasteiger partial charge is 0.497 e. The average Bonchev–Trinajstić information content (AvgIpc) is 2.80. The highest BCUT2D eigenvalue weighted by atomic mass is 16.5. The molecule has 0 aliphatic heterocycles. The Labute approximate surface area is 104 Å². The number of ether oxygens (including phenoxy) is 1. The first-order chi connectivity index (χ1) is 8.78. The molecule has 0 atom stereocenters. The van der Waals surface area contributed by atoms with E-state index in [2.05, 4.69) is 9.97 Å². The van der Waals surface area contributed by atoms with Crippen molar-refractivity contribution in [2.45, 2.75) is 0 Å². The summed E-state index contributed by atoms with van der Waals surface area (Å²) in [4.78, 5) is 7.61. The Hall–Kier alpha value is -2.49. The first kappa shape index (κ1) is 10.7. The summed E-state index contributed by atoms with van der Waals surface area (Å²) in [6.45, 7) is 0. The Morgan fingerprint density at radius 3 is 2.61 bits per heavy atom. The first-order valence-corrected chi connectivity index (χ1v) is 5.66. The van der Waals surface area contributed by atoms with E-state index in [1.807, 2.05) is 36.4 Å². The maximum absolute atomic E-state index is 5.82. The number of benzene rings is 1. The zero-order valence-corrected chi connectivity index (χ0v) is 9.97. The van der Waals surface area contributed by atoms with Gasteiger partial charge < -0.3 is 15.5 Å². The van der Waals surface area contributed by atoms with Crippen molar-refractivity contribution < 1.29 is 4.74 Å². The van der Waals surface area contributed by atoms with Crippen LogP contribution < -0.4 is 10.5 Å². The van der Waals surface area contributed by atoms with Crippen molar-refractivity contribution in [3.05, 3.63) is 42.6 Å². The fraction of sp³-hybridized carbons (Fsp3) is 0.0714. The van der Waals surface area contributed by atoms with E-state index < -0.39 is 0 Å². The van der Waals surface area contributed by atoms with Crippen molar-refractivity contribution in [2.24, 2.45) is 0 Å². The predicted molar refractivity (Wildman–Crippen MR) is 72.5 cm³/mol. The molecule has 90 valence electrons. The van der Waals surface area contributed by atoms with Gasteiger partial charge in [-0.05, 0) is 36.4 Å². The van der Waals surface area contributed by atoms with E-state index in [1.54, 1.807) is 13.3 Å². The Kier molecular flexibility index (Phi) is 2.41. The van der Waals surface area contributed by atoms with Gasteiger partial charge in [0.2, 0.25) is 0 Å². The van der Waals surface area contributed by atoms with Crippen molar-refractivity contribution in [3.8, 4) is 17.0 Å². The molecule has 2 aromatic heterocycles. The minimum atomic E-state index is 0.721. The summed E-state index contributed by atoms with van der Waals surface area (Å²) < 4.78 is 5.14. The number of hydrogen-bond acceptors (Lipinski definition) is 3. The summed E-state index contributed by atoms with van der Waals surface area (Å²) in [6.07, 6.45) is 1.76. The minimum absolute atomic E-state index is 0.721. The number of nitrogens with zero attached hydrogens (tertiary/aromatic N) is 1. The normalized spacial score (nSPS) is 10.7. The molecule has 4 heteroatoms. The molecule has 0 saturated heterocycles. The number of nitrogens with one attached hydrogen (secondary N) is 1. The highest BCUT2D eigenvalue weighted by Gasteiger charge is 2.05. The summed E-state index contributed by atoms with van der Waals surface area (Å²) in [5.74, 6) is 0.837. The number of anilines is 1. The lowest BCUT2D eigenvalue weighted by Crippen LogP contribution is -1.87. The van der Waals surface area contributed by atoms with Crippen LogP contribution in [0.2, 0.25) is 0 Å². The van der Waals surface area contributed by atoms with Crippen LogP contribution in [0.3, 0.4) is 0 Å². The standard InChI is InChI=1S/C14H13N3O/c1-18-10-4-2-9(3-5-10)13-7-6-11-12(15)8-16-14(11)17-13/h2-8H,15H2,1H3,(H,16,17). The lowest BCUT2D eigenvalue weighted by molar-refractivity contribution is 0.415. The van der Waals surface area contributed by atoms with Crippen LogP contribution in [0.4, 0.5) is 5.69 Å². The molecule has 0 unspecified atom stereocenters. The first-order valence-electron chi connectivity index (χ1n) is 5.66. The van der Waals surface area contributed by atoms with Crippen LogP contribution in [0, 0.1) is 0 Å². The second-order valence-electron chi connectivity index (χ2n) is 4.07. The molecule has 4 nitrogen and oxygen atoms in total. The van der Waals surface area contributed by atoms with E-state index in [-0.39, 0.29) is 0 Å². The molecular weight excluding hydrogens is 226 g/mol. The maximum atomic E-state index is 5.82. The van der Waals surface area contributed by atoms with E-state index in [1.165, 1.54) is 0 Å². The van der Waals surface area contributed by atoms with Gasteiger partial charge in [-0.1, -0.05) is 0 Å². The van der Waals surface area contributed by atoms with Gasteiger partial charge in [0.1, 0.15) is 11.4 Å². The van der Waals surface area contributed by atoms with Crippen molar-refractivity contribution in [3.63, 3.8) is 0 Å². The van der Waals surface area contributed by atoms with Crippen LogP contribution in [0.5, 0.6) is 5.75 Å². The third-order valence-electron chi connectivity index (χ3n) is 2.96. The Bertz CT molecular complexity index is 686. The highest BCUT2D eigenvalue weighted by molar-refractivity contribution is 5.90. The summed E-state index contributed by atoms with van der Waals surface area (Å²) in [7, 11) is 1.65. The molecule has 0 radical (unpaired) electrons. The molecule has 0 aliphatic carbocycles. The number of pyridine rings is 1. The third kappa shape index (κ3) is 1.68. The van der Waals surface area contributed by atoms with Crippen molar-refractivity contribution in [1.29, 1.82) is 0 Å². The molecule has 0 bridgehead atoms. The van der Waals surface area contributed by atoms with E-state index in [9.17, 15) is 0 Å².